The minimum absolute atomic E-state index is 0. The van der Waals surface area contributed by atoms with E-state index in [9.17, 15) is 0 Å². The van der Waals surface area contributed by atoms with Crippen LogP contribution in [0.5, 0.6) is 5.75 Å². The van der Waals surface area contributed by atoms with Gasteiger partial charge in [-0.15, -0.1) is 0 Å². The molecular weight excluding hydrogens is 362 g/mol. The van der Waals surface area contributed by atoms with Gasteiger partial charge in [0, 0.05) is 13.1 Å². The topological polar surface area (TPSA) is 30.5 Å². The average molecular weight is 398 g/mol. The van der Waals surface area contributed by atoms with E-state index in [0.29, 0.717) is 0 Å². The maximum absolute atomic E-state index is 6.18. The Morgan fingerprint density at radius 2 is 1.42 bits per heavy atom. The average Bonchev–Trinajstić information content (AvgIpc) is 2.71. The van der Waals surface area contributed by atoms with E-state index in [1.807, 2.05) is 76.2 Å². The minimum Gasteiger partial charge on any atom is -0.483 e. The Bertz CT molecular complexity index is 520. The second kappa shape index (κ2) is 17.3. The molecule has 0 amide bonds. The standard InChI is InChI=1S/C17H19NO2.2C2H6.2H2S/c1-3-7-14(8-4-1)17(16-13-18-11-12-19-16)20-15-9-5-2-6-10-15;2*1-2;;/h1-10,16-18H,11-13H2;2*1-2H3;2*1H2/t16-,17-;;;;/m0..../s1. The fourth-order valence-electron chi connectivity index (χ4n) is 2.43. The third kappa shape index (κ3) is 8.99. The normalized spacial score (nSPS) is 16.1. The van der Waals surface area contributed by atoms with Gasteiger partial charge in [-0.05, 0) is 17.7 Å². The predicted octanol–water partition coefficient (Wildman–Crippen LogP) is 5.07. The molecule has 0 aliphatic carbocycles. The van der Waals surface area contributed by atoms with Crippen LogP contribution in [0.25, 0.3) is 0 Å². The summed E-state index contributed by atoms with van der Waals surface area (Å²) in [4.78, 5) is 0. The summed E-state index contributed by atoms with van der Waals surface area (Å²) >= 11 is 0. The van der Waals surface area contributed by atoms with E-state index in [-0.39, 0.29) is 39.2 Å². The lowest BCUT2D eigenvalue weighted by atomic mass is 10.0. The van der Waals surface area contributed by atoms with Gasteiger partial charge < -0.3 is 14.8 Å². The number of morpholine rings is 1. The molecule has 1 saturated heterocycles. The molecule has 2 atom stereocenters. The molecule has 2 aromatic carbocycles. The predicted molar refractivity (Wildman–Crippen MR) is 122 cm³/mol. The summed E-state index contributed by atoms with van der Waals surface area (Å²) < 4.78 is 12.1. The van der Waals surface area contributed by atoms with Crippen molar-refractivity contribution in [3.8, 4) is 5.75 Å². The fraction of sp³-hybridized carbons (Fsp3) is 0.429. The molecule has 3 rings (SSSR count). The summed E-state index contributed by atoms with van der Waals surface area (Å²) in [5, 5.41) is 3.37. The minimum atomic E-state index is -0.0913. The van der Waals surface area contributed by atoms with Crippen molar-refractivity contribution in [1.29, 1.82) is 0 Å². The molecule has 1 fully saturated rings. The third-order valence-corrected chi connectivity index (χ3v) is 3.43. The molecule has 1 aliphatic heterocycles. The Morgan fingerprint density at radius 1 is 0.885 bits per heavy atom. The van der Waals surface area contributed by atoms with Crippen molar-refractivity contribution in [1.82, 2.24) is 5.32 Å². The monoisotopic (exact) mass is 397 g/mol. The highest BCUT2D eigenvalue weighted by Crippen LogP contribution is 2.27. The molecule has 3 nitrogen and oxygen atoms in total. The van der Waals surface area contributed by atoms with Crippen molar-refractivity contribution in [3.63, 3.8) is 0 Å². The number of para-hydroxylation sites is 1. The largest absolute Gasteiger partial charge is 0.483 e. The van der Waals surface area contributed by atoms with Gasteiger partial charge >= 0.3 is 0 Å². The first-order chi connectivity index (χ1) is 11.9. The lowest BCUT2D eigenvalue weighted by Gasteiger charge is -2.31. The van der Waals surface area contributed by atoms with Gasteiger partial charge in [0.05, 0.1) is 6.61 Å². The number of nitrogens with one attached hydrogen (secondary N) is 1. The van der Waals surface area contributed by atoms with E-state index in [4.69, 9.17) is 9.47 Å². The number of ether oxygens (including phenoxy) is 2. The quantitative estimate of drug-likeness (QED) is 0.781. The van der Waals surface area contributed by atoms with Crippen LogP contribution in [0.4, 0.5) is 0 Å². The van der Waals surface area contributed by atoms with Gasteiger partial charge in [-0.2, -0.15) is 27.0 Å². The van der Waals surface area contributed by atoms with Gasteiger partial charge in [-0.3, -0.25) is 0 Å². The summed E-state index contributed by atoms with van der Waals surface area (Å²) in [6, 6.07) is 20.2. The molecule has 0 aromatic heterocycles. The smallest absolute Gasteiger partial charge is 0.151 e. The van der Waals surface area contributed by atoms with Crippen molar-refractivity contribution < 1.29 is 9.47 Å². The van der Waals surface area contributed by atoms with Crippen LogP contribution in [0.2, 0.25) is 0 Å². The molecule has 1 aliphatic rings. The summed E-state index contributed by atoms with van der Waals surface area (Å²) in [6.07, 6.45) is -0.0576. The van der Waals surface area contributed by atoms with Crippen LogP contribution in [0.1, 0.15) is 39.4 Å². The number of hydrogen-bond donors (Lipinski definition) is 1. The number of benzene rings is 2. The van der Waals surface area contributed by atoms with Crippen molar-refractivity contribution in [3.05, 3.63) is 66.2 Å². The van der Waals surface area contributed by atoms with E-state index >= 15 is 0 Å². The zero-order chi connectivity index (χ0) is 17.6. The summed E-state index contributed by atoms with van der Waals surface area (Å²) in [5.74, 6) is 0.871. The molecule has 1 heterocycles. The Kier molecular flexibility index (Phi) is 18.0. The van der Waals surface area contributed by atoms with Gasteiger partial charge in [-0.25, -0.2) is 0 Å². The molecule has 0 unspecified atom stereocenters. The summed E-state index contributed by atoms with van der Waals surface area (Å²) in [7, 11) is 0. The molecule has 148 valence electrons. The summed E-state index contributed by atoms with van der Waals surface area (Å²) in [6.45, 7) is 10.4. The van der Waals surface area contributed by atoms with Gasteiger partial charge in [0.15, 0.2) is 6.10 Å². The zero-order valence-electron chi connectivity index (χ0n) is 16.4. The second-order valence-corrected chi connectivity index (χ2v) is 4.88. The van der Waals surface area contributed by atoms with Gasteiger partial charge in [0.25, 0.3) is 0 Å². The van der Waals surface area contributed by atoms with E-state index in [1.54, 1.807) is 0 Å². The molecular formula is C21H35NO2S2. The highest BCUT2D eigenvalue weighted by molar-refractivity contribution is 7.59. The van der Waals surface area contributed by atoms with E-state index in [0.717, 1.165) is 31.0 Å². The van der Waals surface area contributed by atoms with Crippen molar-refractivity contribution in [2.24, 2.45) is 0 Å². The van der Waals surface area contributed by atoms with Crippen LogP contribution in [-0.2, 0) is 4.74 Å². The van der Waals surface area contributed by atoms with Crippen molar-refractivity contribution in [2.75, 3.05) is 19.7 Å². The first-order valence-corrected chi connectivity index (χ1v) is 9.02. The van der Waals surface area contributed by atoms with Gasteiger partial charge in [0.2, 0.25) is 0 Å². The van der Waals surface area contributed by atoms with Gasteiger partial charge in [-0.1, -0.05) is 76.2 Å². The fourth-order valence-corrected chi connectivity index (χ4v) is 2.43. The molecule has 0 spiro atoms. The second-order valence-electron chi connectivity index (χ2n) is 4.88. The van der Waals surface area contributed by atoms with Crippen LogP contribution < -0.4 is 10.1 Å². The van der Waals surface area contributed by atoms with Gasteiger partial charge in [0.1, 0.15) is 11.9 Å². The van der Waals surface area contributed by atoms with Crippen molar-refractivity contribution in [2.45, 2.75) is 39.9 Å². The van der Waals surface area contributed by atoms with Crippen LogP contribution in [0.3, 0.4) is 0 Å². The molecule has 2 aromatic rings. The highest BCUT2D eigenvalue weighted by atomic mass is 32.1. The maximum Gasteiger partial charge on any atom is 0.151 e. The lowest BCUT2D eigenvalue weighted by molar-refractivity contribution is -0.0432. The number of rotatable bonds is 4. The zero-order valence-corrected chi connectivity index (χ0v) is 18.4. The Morgan fingerprint density at radius 3 is 1.92 bits per heavy atom. The first kappa shape index (κ1) is 27.1. The molecule has 5 heteroatoms. The summed E-state index contributed by atoms with van der Waals surface area (Å²) in [5.41, 5.74) is 1.14. The Hall–Kier alpha value is -1.14. The van der Waals surface area contributed by atoms with Crippen molar-refractivity contribution >= 4 is 27.0 Å². The van der Waals surface area contributed by atoms with Crippen LogP contribution in [-0.4, -0.2) is 25.8 Å². The van der Waals surface area contributed by atoms with E-state index < -0.39 is 0 Å². The van der Waals surface area contributed by atoms with Crippen LogP contribution in [0.15, 0.2) is 60.7 Å². The molecule has 0 bridgehead atoms. The van der Waals surface area contributed by atoms with E-state index in [1.165, 1.54) is 0 Å². The third-order valence-electron chi connectivity index (χ3n) is 3.43. The lowest BCUT2D eigenvalue weighted by Crippen LogP contribution is -2.43. The van der Waals surface area contributed by atoms with E-state index in [2.05, 4.69) is 17.4 Å². The van der Waals surface area contributed by atoms with Crippen LogP contribution >= 0.6 is 27.0 Å². The maximum atomic E-state index is 6.18. The molecule has 26 heavy (non-hydrogen) atoms. The number of hydrogen-bond acceptors (Lipinski definition) is 3. The molecule has 1 N–H and O–H groups in total. The Labute approximate surface area is 173 Å². The molecule has 0 saturated carbocycles. The Balaban J connectivity index is 0. The first-order valence-electron chi connectivity index (χ1n) is 9.02. The van der Waals surface area contributed by atoms with Crippen LogP contribution in [0, 0.1) is 0 Å². The SMILES string of the molecule is CC.CC.S.S.c1ccc(O[C@@H](c2ccccc2)[C@@H]2CNCCO2)cc1. The highest BCUT2D eigenvalue weighted by Gasteiger charge is 2.27. The molecule has 0 radical (unpaired) electrons.